The zero-order valence-electron chi connectivity index (χ0n) is 12.3. The smallest absolute Gasteiger partial charge is 0.128 e. The van der Waals surface area contributed by atoms with Gasteiger partial charge in [-0.2, -0.15) is 0 Å². The maximum absolute atomic E-state index is 8.65. The highest BCUT2D eigenvalue weighted by molar-refractivity contribution is 5.82. The minimum atomic E-state index is 0.636. The predicted molar refractivity (Wildman–Crippen MR) is 80.8 cm³/mol. The highest BCUT2D eigenvalue weighted by Gasteiger charge is 2.24. The fourth-order valence-electron chi connectivity index (χ4n) is 2.96. The first-order chi connectivity index (χ1) is 9.72. The fraction of sp³-hybridized carbons (Fsp3) is 0.562. The number of likely N-dealkylation sites (tertiary alicyclic amines) is 1. The Morgan fingerprint density at radius 2 is 2.00 bits per heavy atom. The lowest BCUT2D eigenvalue weighted by atomic mass is 9.98. The number of piperidine rings is 1. The van der Waals surface area contributed by atoms with E-state index in [4.69, 9.17) is 9.94 Å². The summed E-state index contributed by atoms with van der Waals surface area (Å²) in [4.78, 5) is 2.52. The Morgan fingerprint density at radius 1 is 1.30 bits per heavy atom. The Balaban J connectivity index is 1.89. The number of nitrogens with zero attached hydrogens (tertiary/aromatic N) is 2. The third kappa shape index (κ3) is 3.73. The average molecular weight is 276 g/mol. The first-order valence-corrected chi connectivity index (χ1v) is 7.37. The quantitative estimate of drug-likeness (QED) is 0.510. The minimum absolute atomic E-state index is 0.636. The molecule has 4 nitrogen and oxygen atoms in total. The summed E-state index contributed by atoms with van der Waals surface area (Å²) in [5.74, 6) is 0.766. The standard InChI is InChI=1S/C16H24N2O2/c1-13-6-5-7-14(2)18(13)10-11-20-16-9-4-3-8-15(16)12-17-19/h3-4,8-9,12-14,19H,5-7,10-11H2,1-2H3. The fourth-order valence-corrected chi connectivity index (χ4v) is 2.96. The van der Waals surface area contributed by atoms with Crippen molar-refractivity contribution in [3.8, 4) is 5.75 Å². The molecule has 0 aromatic heterocycles. The Hall–Kier alpha value is -1.55. The van der Waals surface area contributed by atoms with Crippen LogP contribution in [0.15, 0.2) is 29.4 Å². The maximum atomic E-state index is 8.65. The molecule has 1 fully saturated rings. The summed E-state index contributed by atoms with van der Waals surface area (Å²) in [5.41, 5.74) is 0.801. The number of hydrogen-bond acceptors (Lipinski definition) is 4. The number of hydrogen-bond donors (Lipinski definition) is 1. The van der Waals surface area contributed by atoms with Crippen LogP contribution in [0.1, 0.15) is 38.7 Å². The molecule has 2 atom stereocenters. The van der Waals surface area contributed by atoms with E-state index >= 15 is 0 Å². The Labute approximate surface area is 121 Å². The zero-order valence-corrected chi connectivity index (χ0v) is 12.3. The van der Waals surface area contributed by atoms with Crippen LogP contribution in [0.2, 0.25) is 0 Å². The molecule has 1 saturated heterocycles. The molecule has 110 valence electrons. The van der Waals surface area contributed by atoms with E-state index in [0.717, 1.165) is 17.9 Å². The minimum Gasteiger partial charge on any atom is -0.492 e. The van der Waals surface area contributed by atoms with Crippen LogP contribution in [0.5, 0.6) is 5.75 Å². The lowest BCUT2D eigenvalue weighted by Crippen LogP contribution is -2.45. The first kappa shape index (κ1) is 14.9. The average Bonchev–Trinajstić information content (AvgIpc) is 2.44. The summed E-state index contributed by atoms with van der Waals surface area (Å²) in [5, 5.41) is 11.7. The third-order valence-electron chi connectivity index (χ3n) is 4.10. The van der Waals surface area contributed by atoms with Crippen molar-refractivity contribution in [3.63, 3.8) is 0 Å². The van der Waals surface area contributed by atoms with Gasteiger partial charge >= 0.3 is 0 Å². The van der Waals surface area contributed by atoms with Crippen LogP contribution in [0, 0.1) is 0 Å². The molecule has 1 heterocycles. The van der Waals surface area contributed by atoms with Crippen LogP contribution in [0.4, 0.5) is 0 Å². The van der Waals surface area contributed by atoms with Crippen molar-refractivity contribution in [2.24, 2.45) is 5.16 Å². The number of ether oxygens (including phenoxy) is 1. The van der Waals surface area contributed by atoms with E-state index in [2.05, 4.69) is 23.9 Å². The molecule has 1 N–H and O–H groups in total. The zero-order chi connectivity index (χ0) is 14.4. The molecule has 0 bridgehead atoms. The SMILES string of the molecule is CC1CCCC(C)N1CCOc1ccccc1C=NO. The van der Waals surface area contributed by atoms with Crippen LogP contribution in [0.25, 0.3) is 0 Å². The molecule has 1 aliphatic heterocycles. The van der Waals surface area contributed by atoms with Gasteiger partial charge in [0.2, 0.25) is 0 Å². The highest BCUT2D eigenvalue weighted by atomic mass is 16.5. The molecule has 1 aromatic rings. The van der Waals surface area contributed by atoms with Gasteiger partial charge in [0.05, 0.1) is 6.21 Å². The van der Waals surface area contributed by atoms with Crippen molar-refractivity contribution in [2.75, 3.05) is 13.2 Å². The molecular formula is C16H24N2O2. The lowest BCUT2D eigenvalue weighted by molar-refractivity contribution is 0.0851. The van der Waals surface area contributed by atoms with Gasteiger partial charge < -0.3 is 9.94 Å². The number of rotatable bonds is 5. The first-order valence-electron chi connectivity index (χ1n) is 7.37. The van der Waals surface area contributed by atoms with Gasteiger partial charge in [0, 0.05) is 24.2 Å². The second-order valence-electron chi connectivity index (χ2n) is 5.50. The summed E-state index contributed by atoms with van der Waals surface area (Å²) < 4.78 is 5.85. The molecule has 20 heavy (non-hydrogen) atoms. The molecule has 0 spiro atoms. The highest BCUT2D eigenvalue weighted by Crippen LogP contribution is 2.22. The van der Waals surface area contributed by atoms with Gasteiger partial charge in [-0.1, -0.05) is 23.7 Å². The Bertz CT molecular complexity index is 438. The summed E-state index contributed by atoms with van der Waals surface area (Å²) in [6.07, 6.45) is 5.28. The lowest BCUT2D eigenvalue weighted by Gasteiger charge is -2.38. The van der Waals surface area contributed by atoms with Crippen LogP contribution >= 0.6 is 0 Å². The van der Waals surface area contributed by atoms with E-state index in [1.807, 2.05) is 24.3 Å². The van der Waals surface area contributed by atoms with Gasteiger partial charge in [-0.25, -0.2) is 0 Å². The summed E-state index contributed by atoms with van der Waals surface area (Å²) in [6, 6.07) is 8.88. The van der Waals surface area contributed by atoms with E-state index in [-0.39, 0.29) is 0 Å². The summed E-state index contributed by atoms with van der Waals surface area (Å²) >= 11 is 0. The molecular weight excluding hydrogens is 252 g/mol. The molecule has 0 amide bonds. The number of oxime groups is 1. The van der Waals surface area contributed by atoms with Crippen molar-refractivity contribution in [1.29, 1.82) is 0 Å². The van der Waals surface area contributed by atoms with Crippen molar-refractivity contribution in [1.82, 2.24) is 4.90 Å². The molecule has 4 heteroatoms. The molecule has 0 radical (unpaired) electrons. The van der Waals surface area contributed by atoms with Gasteiger partial charge in [0.15, 0.2) is 0 Å². The Morgan fingerprint density at radius 3 is 2.70 bits per heavy atom. The van der Waals surface area contributed by atoms with Crippen LogP contribution in [-0.2, 0) is 0 Å². The second kappa shape index (κ2) is 7.29. The normalized spacial score (nSPS) is 24.1. The molecule has 2 rings (SSSR count). The van der Waals surface area contributed by atoms with Gasteiger partial charge in [0.1, 0.15) is 12.4 Å². The summed E-state index contributed by atoms with van der Waals surface area (Å²) in [6.45, 7) is 6.18. The van der Waals surface area contributed by atoms with Crippen LogP contribution in [0.3, 0.4) is 0 Å². The van der Waals surface area contributed by atoms with Crippen molar-refractivity contribution >= 4 is 6.21 Å². The Kier molecular flexibility index (Phi) is 5.41. The maximum Gasteiger partial charge on any atom is 0.128 e. The van der Waals surface area contributed by atoms with Crippen LogP contribution in [-0.4, -0.2) is 41.6 Å². The van der Waals surface area contributed by atoms with Gasteiger partial charge in [-0.15, -0.1) is 0 Å². The third-order valence-corrected chi connectivity index (χ3v) is 4.10. The number of benzene rings is 1. The monoisotopic (exact) mass is 276 g/mol. The molecule has 2 unspecified atom stereocenters. The van der Waals surface area contributed by atoms with Crippen molar-refractivity contribution in [3.05, 3.63) is 29.8 Å². The van der Waals surface area contributed by atoms with Gasteiger partial charge in [0.25, 0.3) is 0 Å². The molecule has 0 saturated carbocycles. The second-order valence-corrected chi connectivity index (χ2v) is 5.50. The van der Waals surface area contributed by atoms with Crippen LogP contribution < -0.4 is 4.74 Å². The van der Waals surface area contributed by atoms with Crippen molar-refractivity contribution in [2.45, 2.75) is 45.2 Å². The predicted octanol–water partition coefficient (Wildman–Crippen LogP) is 3.14. The summed E-state index contributed by atoms with van der Waals surface area (Å²) in [7, 11) is 0. The van der Waals surface area contributed by atoms with Gasteiger partial charge in [-0.05, 0) is 38.8 Å². The van der Waals surface area contributed by atoms with E-state index in [0.29, 0.717) is 18.7 Å². The van der Waals surface area contributed by atoms with Gasteiger partial charge in [-0.3, -0.25) is 4.90 Å². The topological polar surface area (TPSA) is 45.1 Å². The largest absolute Gasteiger partial charge is 0.492 e. The number of para-hydroxylation sites is 1. The molecule has 1 aromatic carbocycles. The van der Waals surface area contributed by atoms with Crippen molar-refractivity contribution < 1.29 is 9.94 Å². The van der Waals surface area contributed by atoms with E-state index in [1.54, 1.807) is 0 Å². The van der Waals surface area contributed by atoms with E-state index in [9.17, 15) is 0 Å². The van der Waals surface area contributed by atoms with E-state index < -0.39 is 0 Å². The van der Waals surface area contributed by atoms with E-state index in [1.165, 1.54) is 25.5 Å². The molecule has 0 aliphatic carbocycles. The molecule has 1 aliphatic rings.